The van der Waals surface area contributed by atoms with Crippen molar-refractivity contribution in [3.05, 3.63) is 80.5 Å². The number of hydrogen-bond acceptors (Lipinski definition) is 4. The molecule has 0 aliphatic rings. The zero-order chi connectivity index (χ0) is 21.0. The highest BCUT2D eigenvalue weighted by molar-refractivity contribution is 5.94. The number of rotatable bonds is 6. The Morgan fingerprint density at radius 1 is 1.00 bits per heavy atom. The van der Waals surface area contributed by atoms with Crippen LogP contribution in [-0.2, 0) is 24.4 Å². The largest absolute Gasteiger partial charge is 0.355 e. The highest BCUT2D eigenvalue weighted by Crippen LogP contribution is 2.08. The number of nitrogens with zero attached hydrogens (tertiary/aromatic N) is 2. The second-order valence-electron chi connectivity index (χ2n) is 6.49. The second-order valence-corrected chi connectivity index (χ2v) is 6.49. The summed E-state index contributed by atoms with van der Waals surface area (Å²) in [4.78, 5) is 49.4. The third-order valence-electron chi connectivity index (χ3n) is 4.66. The van der Waals surface area contributed by atoms with Crippen LogP contribution in [0.5, 0.6) is 0 Å². The fourth-order valence-corrected chi connectivity index (χ4v) is 3.17. The van der Waals surface area contributed by atoms with Gasteiger partial charge in [0.15, 0.2) is 0 Å². The molecular weight excluding hydrogens is 372 g/mol. The van der Waals surface area contributed by atoms with Crippen LogP contribution in [0.3, 0.4) is 0 Å². The van der Waals surface area contributed by atoms with Crippen LogP contribution in [0.1, 0.15) is 22.8 Å². The Morgan fingerprint density at radius 3 is 2.48 bits per heavy atom. The first-order valence-electron chi connectivity index (χ1n) is 9.26. The molecule has 0 radical (unpaired) electrons. The molecule has 0 atom stereocenters. The average Bonchev–Trinajstić information content (AvgIpc) is 2.75. The Bertz CT molecular complexity index is 1190. The Morgan fingerprint density at radius 2 is 1.76 bits per heavy atom. The van der Waals surface area contributed by atoms with Crippen molar-refractivity contribution in [1.82, 2.24) is 19.8 Å². The summed E-state index contributed by atoms with van der Waals surface area (Å²) in [5.41, 5.74) is 0.791. The standard InChI is InChI=1S/C21H22N4O4/c1-3-24-20(28)16-9-4-5-10-17(16)25(21(24)29)13-18(26)23-12-14-7-6-8-15(11-14)19(27)22-2/h4-11H,3,12-13H2,1-2H3,(H,22,27)(H,23,26). The van der Waals surface area contributed by atoms with Gasteiger partial charge in [0.05, 0.1) is 10.9 Å². The van der Waals surface area contributed by atoms with E-state index in [4.69, 9.17) is 0 Å². The highest BCUT2D eigenvalue weighted by atomic mass is 16.2. The summed E-state index contributed by atoms with van der Waals surface area (Å²) in [6.07, 6.45) is 0. The number of benzene rings is 2. The number of nitrogens with one attached hydrogen (secondary N) is 2. The number of amides is 2. The summed E-state index contributed by atoms with van der Waals surface area (Å²) < 4.78 is 2.42. The monoisotopic (exact) mass is 394 g/mol. The summed E-state index contributed by atoms with van der Waals surface area (Å²) in [6, 6.07) is 13.6. The number of hydrogen-bond donors (Lipinski definition) is 2. The molecule has 0 unspecified atom stereocenters. The highest BCUT2D eigenvalue weighted by Gasteiger charge is 2.14. The summed E-state index contributed by atoms with van der Waals surface area (Å²) in [5, 5.41) is 5.70. The minimum Gasteiger partial charge on any atom is -0.355 e. The quantitative estimate of drug-likeness (QED) is 0.647. The number of carbonyl (C=O) groups excluding carboxylic acids is 2. The van der Waals surface area contributed by atoms with Gasteiger partial charge in [-0.2, -0.15) is 0 Å². The van der Waals surface area contributed by atoms with Crippen molar-refractivity contribution in [3.8, 4) is 0 Å². The van der Waals surface area contributed by atoms with Gasteiger partial charge in [0.25, 0.3) is 11.5 Å². The van der Waals surface area contributed by atoms with Gasteiger partial charge in [-0.3, -0.25) is 23.5 Å². The molecule has 1 heterocycles. The van der Waals surface area contributed by atoms with Crippen LogP contribution < -0.4 is 21.9 Å². The number of fused-ring (bicyclic) bond motifs is 1. The minimum atomic E-state index is -0.520. The lowest BCUT2D eigenvalue weighted by Gasteiger charge is -2.13. The van der Waals surface area contributed by atoms with Crippen molar-refractivity contribution in [2.45, 2.75) is 26.6 Å². The maximum atomic E-state index is 12.7. The molecule has 2 N–H and O–H groups in total. The molecule has 8 nitrogen and oxygen atoms in total. The van der Waals surface area contributed by atoms with E-state index in [2.05, 4.69) is 10.6 Å². The van der Waals surface area contributed by atoms with Gasteiger partial charge in [0.1, 0.15) is 6.54 Å². The Balaban J connectivity index is 1.83. The molecule has 0 bridgehead atoms. The molecule has 0 aliphatic heterocycles. The Hall–Kier alpha value is -3.68. The smallest absolute Gasteiger partial charge is 0.331 e. The second kappa shape index (κ2) is 8.55. The first-order chi connectivity index (χ1) is 14.0. The predicted octanol–water partition coefficient (Wildman–Crippen LogP) is 0.859. The van der Waals surface area contributed by atoms with Gasteiger partial charge in [-0.15, -0.1) is 0 Å². The minimum absolute atomic E-state index is 0.210. The van der Waals surface area contributed by atoms with E-state index < -0.39 is 5.69 Å². The maximum absolute atomic E-state index is 12.7. The third-order valence-corrected chi connectivity index (χ3v) is 4.66. The first-order valence-corrected chi connectivity index (χ1v) is 9.26. The van der Waals surface area contributed by atoms with Gasteiger partial charge in [-0.1, -0.05) is 24.3 Å². The summed E-state index contributed by atoms with van der Waals surface area (Å²) in [6.45, 7) is 1.93. The normalized spacial score (nSPS) is 10.7. The van der Waals surface area contributed by atoms with Crippen molar-refractivity contribution >= 4 is 22.7 Å². The molecule has 8 heteroatoms. The Kier molecular flexibility index (Phi) is 5.92. The van der Waals surface area contributed by atoms with Crippen LogP contribution in [0.4, 0.5) is 0 Å². The van der Waals surface area contributed by atoms with Gasteiger partial charge >= 0.3 is 5.69 Å². The van der Waals surface area contributed by atoms with Gasteiger partial charge in [-0.05, 0) is 36.8 Å². The summed E-state index contributed by atoms with van der Waals surface area (Å²) in [7, 11) is 1.55. The van der Waals surface area contributed by atoms with Crippen LogP contribution in [0, 0.1) is 0 Å². The SMILES string of the molecule is CCn1c(=O)c2ccccc2n(CC(=O)NCc2cccc(C(=O)NC)c2)c1=O. The molecule has 0 aliphatic carbocycles. The zero-order valence-corrected chi connectivity index (χ0v) is 16.3. The van der Waals surface area contributed by atoms with E-state index >= 15 is 0 Å². The number of aromatic nitrogens is 2. The first kappa shape index (κ1) is 20.1. The van der Waals surface area contributed by atoms with Crippen molar-refractivity contribution in [2.24, 2.45) is 0 Å². The third kappa shape index (κ3) is 4.11. The lowest BCUT2D eigenvalue weighted by Crippen LogP contribution is -2.42. The van der Waals surface area contributed by atoms with Crippen LogP contribution >= 0.6 is 0 Å². The lowest BCUT2D eigenvalue weighted by atomic mass is 10.1. The average molecular weight is 394 g/mol. The van der Waals surface area contributed by atoms with Gasteiger partial charge in [0, 0.05) is 25.7 Å². The molecule has 0 saturated heterocycles. The van der Waals surface area contributed by atoms with E-state index in [0.717, 1.165) is 10.1 Å². The zero-order valence-electron chi connectivity index (χ0n) is 16.3. The van der Waals surface area contributed by atoms with Gasteiger partial charge in [0.2, 0.25) is 5.91 Å². The topological polar surface area (TPSA) is 102 Å². The lowest BCUT2D eigenvalue weighted by molar-refractivity contribution is -0.121. The van der Waals surface area contributed by atoms with E-state index in [0.29, 0.717) is 16.5 Å². The molecule has 3 aromatic rings. The molecule has 150 valence electrons. The molecule has 0 spiro atoms. The molecule has 0 fully saturated rings. The van der Waals surface area contributed by atoms with Gasteiger partial charge < -0.3 is 10.6 Å². The van der Waals surface area contributed by atoms with E-state index in [1.165, 1.54) is 4.57 Å². The van der Waals surface area contributed by atoms with Crippen LogP contribution in [0.25, 0.3) is 10.9 Å². The number of para-hydroxylation sites is 1. The Labute approximate surface area is 166 Å². The maximum Gasteiger partial charge on any atom is 0.331 e. The molecular formula is C21H22N4O4. The van der Waals surface area contributed by atoms with E-state index in [1.54, 1.807) is 62.5 Å². The predicted molar refractivity (Wildman–Crippen MR) is 110 cm³/mol. The van der Waals surface area contributed by atoms with Crippen LogP contribution in [0.2, 0.25) is 0 Å². The molecule has 3 rings (SSSR count). The molecule has 0 saturated carbocycles. The van der Waals surface area contributed by atoms with Crippen molar-refractivity contribution in [2.75, 3.05) is 7.05 Å². The molecule has 2 aromatic carbocycles. The van der Waals surface area contributed by atoms with E-state index in [1.807, 2.05) is 0 Å². The van der Waals surface area contributed by atoms with Crippen molar-refractivity contribution < 1.29 is 9.59 Å². The van der Waals surface area contributed by atoms with Crippen LogP contribution in [-0.4, -0.2) is 28.0 Å². The van der Waals surface area contributed by atoms with Gasteiger partial charge in [-0.25, -0.2) is 4.79 Å². The van der Waals surface area contributed by atoms with Crippen molar-refractivity contribution in [3.63, 3.8) is 0 Å². The number of carbonyl (C=O) groups is 2. The molecule has 29 heavy (non-hydrogen) atoms. The van der Waals surface area contributed by atoms with E-state index in [9.17, 15) is 19.2 Å². The molecule has 1 aromatic heterocycles. The summed E-state index contributed by atoms with van der Waals surface area (Å²) in [5.74, 6) is -0.582. The van der Waals surface area contributed by atoms with Crippen LogP contribution in [0.15, 0.2) is 58.1 Å². The molecule has 2 amide bonds. The summed E-state index contributed by atoms with van der Waals surface area (Å²) >= 11 is 0. The fraction of sp³-hybridized carbons (Fsp3) is 0.238. The van der Waals surface area contributed by atoms with Crippen molar-refractivity contribution in [1.29, 1.82) is 0 Å². The fourth-order valence-electron chi connectivity index (χ4n) is 3.17. The van der Waals surface area contributed by atoms with E-state index in [-0.39, 0.29) is 37.0 Å².